The van der Waals surface area contributed by atoms with Gasteiger partial charge in [0.25, 0.3) is 0 Å². The summed E-state index contributed by atoms with van der Waals surface area (Å²) in [6.45, 7) is 21.2. The Bertz CT molecular complexity index is 825. The molecular weight excluding hydrogens is 622 g/mol. The largest absolute Gasteiger partial charge is 0.481 e. The Kier molecular flexibility index (Phi) is 39.1. The molecular formula is C34H71N5O9. The fourth-order valence-electron chi connectivity index (χ4n) is 3.12. The lowest BCUT2D eigenvalue weighted by molar-refractivity contribution is -0.139. The van der Waals surface area contributed by atoms with E-state index in [1.54, 1.807) is 6.92 Å². The molecule has 0 heterocycles. The van der Waals surface area contributed by atoms with Crippen LogP contribution in [0.4, 0.5) is 0 Å². The summed E-state index contributed by atoms with van der Waals surface area (Å²) in [5.74, 6) is 0.273. The summed E-state index contributed by atoms with van der Waals surface area (Å²) in [5.41, 5.74) is 21.7. The van der Waals surface area contributed by atoms with E-state index >= 15 is 0 Å². The minimum atomic E-state index is -1.01. The van der Waals surface area contributed by atoms with Gasteiger partial charge in [0.05, 0.1) is 36.8 Å². The third-order valence-electron chi connectivity index (χ3n) is 6.17. The molecule has 0 aromatic rings. The molecule has 48 heavy (non-hydrogen) atoms. The Morgan fingerprint density at radius 2 is 1.02 bits per heavy atom. The number of hydrogen-bond donors (Lipinski definition) is 8. The van der Waals surface area contributed by atoms with Crippen LogP contribution in [0.15, 0.2) is 0 Å². The number of aldehydes is 4. The monoisotopic (exact) mass is 694 g/mol. The van der Waals surface area contributed by atoms with E-state index in [1.165, 1.54) is 0 Å². The van der Waals surface area contributed by atoms with Crippen LogP contribution in [0.2, 0.25) is 0 Å². The minimum Gasteiger partial charge on any atom is -0.481 e. The van der Waals surface area contributed by atoms with E-state index in [-0.39, 0.29) is 42.7 Å². The molecule has 0 aliphatic rings. The van der Waals surface area contributed by atoms with Crippen LogP contribution < -0.4 is 28.3 Å². The number of carboxylic acid groups (broad SMARTS) is 1. The zero-order valence-electron chi connectivity index (χ0n) is 31.4. The zero-order valence-corrected chi connectivity index (χ0v) is 31.4. The van der Waals surface area contributed by atoms with Crippen LogP contribution in [0.5, 0.6) is 0 Å². The first-order chi connectivity index (χ1) is 21.9. The zero-order chi connectivity index (χ0) is 39.2. The summed E-state index contributed by atoms with van der Waals surface area (Å²) in [5, 5.41) is 29.4. The Balaban J connectivity index is -0.000000168. The lowest BCUT2D eigenvalue weighted by Crippen LogP contribution is -2.49. The van der Waals surface area contributed by atoms with E-state index in [9.17, 15) is 39.0 Å². The van der Waals surface area contributed by atoms with Crippen LogP contribution in [0, 0.1) is 29.6 Å². The third-order valence-corrected chi connectivity index (χ3v) is 6.17. The van der Waals surface area contributed by atoms with E-state index < -0.39 is 36.3 Å². The van der Waals surface area contributed by atoms with Gasteiger partial charge in [-0.3, -0.25) is 9.59 Å². The number of nitrogens with one attached hydrogen (secondary N) is 1. The second-order valence-corrected chi connectivity index (χ2v) is 13.7. The Morgan fingerprint density at radius 3 is 1.25 bits per heavy atom. The highest BCUT2D eigenvalue weighted by Gasteiger charge is 2.22. The number of carbonyl (C=O) groups excluding carboxylic acids is 5. The predicted molar refractivity (Wildman–Crippen MR) is 191 cm³/mol. The standard InChI is InChI=1S/C10H20N2O2.C8H17NO3.C8H17NO2.C5H10O.C3H7NO/c1-6(2)8(5-13)12-10(14)9(11)7(3)4;1-5(2)3-6(9)7(10)4-8(11)12;1-6(2)5-7(9)8(11)3-4-10;1-5(2)3-4-6;1-3(4)2-5/h5-9H,11H2,1-4H3,(H,12,14);5-7,10H,3-4,9H2,1-2H3,(H,11,12);4,6-8,11H,3,5,9H2,1-2H3;4-5H,3H2,1-2H3;2-3H,4H2,1H3/t8-,9+;6-,7-;7-,8-;;3-/m100.0/s1. The van der Waals surface area contributed by atoms with Gasteiger partial charge in [-0.25, -0.2) is 0 Å². The number of aliphatic hydroxyl groups excluding tert-OH is 2. The van der Waals surface area contributed by atoms with Gasteiger partial charge in [0.1, 0.15) is 25.1 Å². The van der Waals surface area contributed by atoms with Gasteiger partial charge in [-0.2, -0.15) is 0 Å². The Hall–Kier alpha value is -2.62. The molecule has 0 saturated carbocycles. The highest BCUT2D eigenvalue weighted by Crippen LogP contribution is 2.09. The smallest absolute Gasteiger partial charge is 0.306 e. The maximum Gasteiger partial charge on any atom is 0.306 e. The summed E-state index contributed by atoms with van der Waals surface area (Å²) in [7, 11) is 0. The Morgan fingerprint density at radius 1 is 0.625 bits per heavy atom. The summed E-state index contributed by atoms with van der Waals surface area (Å²) in [6, 6.07) is -1.97. The molecule has 0 aromatic carbocycles. The SMILES string of the molecule is CC(C)CC=O.CC(C)C[C@H](N)[C@@H](O)CC(=O)O.CC(C)C[C@H](N)[C@@H](O)CC=O.CC(C)[C@H](N)C(=O)N[C@H](C=O)C(C)C.C[C@H](N)C=O. The maximum atomic E-state index is 11.5. The van der Waals surface area contributed by atoms with Crippen molar-refractivity contribution in [2.45, 2.75) is 151 Å². The molecule has 0 aliphatic heterocycles. The molecule has 0 fully saturated rings. The van der Waals surface area contributed by atoms with Gasteiger partial charge in [-0.15, -0.1) is 0 Å². The van der Waals surface area contributed by atoms with Crippen molar-refractivity contribution < 1.29 is 44.1 Å². The van der Waals surface area contributed by atoms with Gasteiger partial charge in [0, 0.05) is 24.9 Å². The molecule has 0 aliphatic carbocycles. The van der Waals surface area contributed by atoms with Crippen molar-refractivity contribution in [3.63, 3.8) is 0 Å². The molecule has 286 valence electrons. The molecule has 0 unspecified atom stereocenters. The fourth-order valence-corrected chi connectivity index (χ4v) is 3.12. The first-order valence-electron chi connectivity index (χ1n) is 16.6. The number of aliphatic carboxylic acids is 1. The molecule has 0 spiro atoms. The van der Waals surface area contributed by atoms with Gasteiger partial charge >= 0.3 is 5.97 Å². The van der Waals surface area contributed by atoms with E-state index in [2.05, 4.69) is 5.32 Å². The van der Waals surface area contributed by atoms with Crippen LogP contribution in [0.3, 0.4) is 0 Å². The molecule has 1 amide bonds. The summed E-state index contributed by atoms with van der Waals surface area (Å²) in [4.78, 5) is 61.3. The van der Waals surface area contributed by atoms with Crippen LogP contribution in [0.1, 0.15) is 108 Å². The molecule has 0 radical (unpaired) electrons. The van der Waals surface area contributed by atoms with E-state index in [1.807, 2.05) is 69.2 Å². The van der Waals surface area contributed by atoms with Crippen molar-refractivity contribution >= 4 is 37.0 Å². The lowest BCUT2D eigenvalue weighted by atomic mass is 9.98. The van der Waals surface area contributed by atoms with Gasteiger partial charge in [-0.05, 0) is 49.4 Å². The number of carbonyl (C=O) groups is 6. The molecule has 14 heteroatoms. The average Bonchev–Trinajstić information content (AvgIpc) is 2.95. The van der Waals surface area contributed by atoms with Crippen molar-refractivity contribution in [1.29, 1.82) is 0 Å². The molecule has 0 rings (SSSR count). The Labute approximate surface area is 289 Å². The molecule has 0 aromatic heterocycles. The molecule has 0 bridgehead atoms. The van der Waals surface area contributed by atoms with E-state index in [4.69, 9.17) is 28.0 Å². The molecule has 12 N–H and O–H groups in total. The van der Waals surface area contributed by atoms with Crippen molar-refractivity contribution in [3.05, 3.63) is 0 Å². The summed E-state index contributed by atoms with van der Waals surface area (Å²) >= 11 is 0. The second kappa shape index (κ2) is 34.3. The number of carboxylic acids is 1. The van der Waals surface area contributed by atoms with Crippen LogP contribution in [-0.4, -0.2) is 94.8 Å². The maximum absolute atomic E-state index is 11.5. The highest BCUT2D eigenvalue weighted by atomic mass is 16.4. The number of hydrogen-bond acceptors (Lipinski definition) is 12. The van der Waals surface area contributed by atoms with Crippen molar-refractivity contribution in [2.75, 3.05) is 0 Å². The summed E-state index contributed by atoms with van der Waals surface area (Å²) < 4.78 is 0. The van der Waals surface area contributed by atoms with Gasteiger partial charge in [-0.1, -0.05) is 69.2 Å². The fraction of sp³-hybridized carbons (Fsp3) is 0.824. The quantitative estimate of drug-likeness (QED) is 0.0948. The minimum absolute atomic E-state index is 0.0782. The average molecular weight is 694 g/mol. The molecule has 7 atom stereocenters. The van der Waals surface area contributed by atoms with Gasteiger partial charge < -0.3 is 62.7 Å². The lowest BCUT2D eigenvalue weighted by Gasteiger charge is -2.20. The van der Waals surface area contributed by atoms with Gasteiger partial charge in [0.15, 0.2) is 0 Å². The number of amides is 1. The van der Waals surface area contributed by atoms with Crippen molar-refractivity contribution in [2.24, 2.45) is 52.5 Å². The topological polar surface area (TPSA) is 279 Å². The van der Waals surface area contributed by atoms with Crippen LogP contribution in [-0.2, 0) is 28.8 Å². The second-order valence-electron chi connectivity index (χ2n) is 13.7. The summed E-state index contributed by atoms with van der Waals surface area (Å²) in [6.07, 6.45) is 3.47. The van der Waals surface area contributed by atoms with Crippen LogP contribution in [0.25, 0.3) is 0 Å². The highest BCUT2D eigenvalue weighted by molar-refractivity contribution is 5.84. The third kappa shape index (κ3) is 41.4. The first kappa shape index (κ1) is 54.8. The number of rotatable bonds is 18. The van der Waals surface area contributed by atoms with Crippen molar-refractivity contribution in [3.8, 4) is 0 Å². The van der Waals surface area contributed by atoms with E-state index in [0.29, 0.717) is 43.2 Å². The first-order valence-corrected chi connectivity index (χ1v) is 16.6. The molecule has 14 nitrogen and oxygen atoms in total. The normalized spacial score (nSPS) is 14.9. The predicted octanol–water partition coefficient (Wildman–Crippen LogP) is 1.58. The molecule has 0 saturated heterocycles. The number of nitrogens with two attached hydrogens (primary N) is 4. The van der Waals surface area contributed by atoms with Gasteiger partial charge in [0.2, 0.25) is 5.91 Å². The van der Waals surface area contributed by atoms with Crippen LogP contribution >= 0.6 is 0 Å². The number of aliphatic hydroxyl groups is 2. The van der Waals surface area contributed by atoms with Crippen molar-refractivity contribution in [1.82, 2.24) is 5.32 Å². The van der Waals surface area contributed by atoms with E-state index in [0.717, 1.165) is 19.0 Å².